The van der Waals surface area contributed by atoms with Crippen molar-refractivity contribution in [3.05, 3.63) is 78.1 Å². The Kier molecular flexibility index (Phi) is 3.89. The maximum atomic E-state index is 6.82. The topological polar surface area (TPSA) is 76.8 Å². The predicted octanol–water partition coefficient (Wildman–Crippen LogP) is 2.26. The van der Waals surface area contributed by atoms with E-state index in [4.69, 9.17) is 10.5 Å². The summed E-state index contributed by atoms with van der Waals surface area (Å²) in [6, 6.07) is 11.7. The first kappa shape index (κ1) is 14.3. The normalized spacial score (nSPS) is 13.5. The van der Waals surface area contributed by atoms with Crippen LogP contribution in [0.5, 0.6) is 5.75 Å². The summed E-state index contributed by atoms with van der Waals surface area (Å²) in [5.41, 5.74) is 9.08. The minimum absolute atomic E-state index is 0.601. The van der Waals surface area contributed by atoms with E-state index in [0.29, 0.717) is 6.42 Å². The Bertz CT molecular complexity index is 727. The lowest BCUT2D eigenvalue weighted by atomic mass is 9.80. The molecular formula is C17H18N4O. The van der Waals surface area contributed by atoms with E-state index < -0.39 is 5.54 Å². The second-order valence-corrected chi connectivity index (χ2v) is 5.19. The first-order valence-corrected chi connectivity index (χ1v) is 7.03. The number of nitrogens with zero attached hydrogens (tertiary/aromatic N) is 2. The largest absolute Gasteiger partial charge is 0.497 e. The molecule has 3 N–H and O–H groups in total. The van der Waals surface area contributed by atoms with E-state index in [-0.39, 0.29) is 0 Å². The molecule has 5 nitrogen and oxygen atoms in total. The van der Waals surface area contributed by atoms with Crippen molar-refractivity contribution < 1.29 is 4.74 Å². The van der Waals surface area contributed by atoms with Gasteiger partial charge in [0.05, 0.1) is 19.0 Å². The fourth-order valence-corrected chi connectivity index (χ4v) is 2.60. The van der Waals surface area contributed by atoms with E-state index in [1.807, 2.05) is 36.4 Å². The first-order valence-electron chi connectivity index (χ1n) is 7.03. The van der Waals surface area contributed by atoms with Crippen LogP contribution in [-0.2, 0) is 12.0 Å². The number of methoxy groups -OCH3 is 1. The molecule has 22 heavy (non-hydrogen) atoms. The van der Waals surface area contributed by atoms with Crippen LogP contribution in [0.3, 0.4) is 0 Å². The molecular weight excluding hydrogens is 276 g/mol. The number of hydrogen-bond donors (Lipinski definition) is 2. The highest BCUT2D eigenvalue weighted by Gasteiger charge is 2.31. The van der Waals surface area contributed by atoms with Gasteiger partial charge in [-0.15, -0.1) is 0 Å². The maximum Gasteiger partial charge on any atom is 0.119 e. The maximum absolute atomic E-state index is 6.82. The molecule has 1 atom stereocenters. The van der Waals surface area contributed by atoms with Crippen LogP contribution < -0.4 is 10.5 Å². The summed E-state index contributed by atoms with van der Waals surface area (Å²) in [6.07, 6.45) is 7.56. The summed E-state index contributed by atoms with van der Waals surface area (Å²) in [5.74, 6) is 0.783. The second-order valence-electron chi connectivity index (χ2n) is 5.19. The number of imidazole rings is 1. The van der Waals surface area contributed by atoms with Gasteiger partial charge in [-0.05, 0) is 35.4 Å². The van der Waals surface area contributed by atoms with E-state index in [1.54, 1.807) is 32.0 Å². The SMILES string of the molecule is COc1cccc(C(N)(Cc2cnc[nH]2)c2ccncc2)c1. The fraction of sp³-hybridized carbons (Fsp3) is 0.176. The summed E-state index contributed by atoms with van der Waals surface area (Å²) in [5, 5.41) is 0. The Labute approximate surface area is 129 Å². The van der Waals surface area contributed by atoms with Crippen LogP contribution in [-0.4, -0.2) is 22.1 Å². The zero-order valence-corrected chi connectivity index (χ0v) is 12.4. The molecule has 0 spiro atoms. The lowest BCUT2D eigenvalue weighted by molar-refractivity contribution is 0.412. The molecule has 1 unspecified atom stereocenters. The molecule has 0 amide bonds. The third-order valence-corrected chi connectivity index (χ3v) is 3.80. The Morgan fingerprint density at radius 3 is 2.64 bits per heavy atom. The van der Waals surface area contributed by atoms with Crippen LogP contribution in [0.15, 0.2) is 61.3 Å². The van der Waals surface area contributed by atoms with Crippen LogP contribution >= 0.6 is 0 Å². The highest BCUT2D eigenvalue weighted by Crippen LogP contribution is 2.32. The zero-order valence-electron chi connectivity index (χ0n) is 12.4. The Morgan fingerprint density at radius 2 is 1.95 bits per heavy atom. The number of nitrogens with two attached hydrogens (primary N) is 1. The molecule has 0 aliphatic rings. The number of pyridine rings is 1. The number of benzene rings is 1. The molecule has 0 aliphatic heterocycles. The summed E-state index contributed by atoms with van der Waals surface area (Å²) < 4.78 is 5.33. The van der Waals surface area contributed by atoms with E-state index in [1.165, 1.54) is 0 Å². The lowest BCUT2D eigenvalue weighted by Gasteiger charge is -2.30. The lowest BCUT2D eigenvalue weighted by Crippen LogP contribution is -2.40. The van der Waals surface area contributed by atoms with E-state index in [2.05, 4.69) is 15.0 Å². The minimum Gasteiger partial charge on any atom is -0.497 e. The van der Waals surface area contributed by atoms with Gasteiger partial charge in [0.2, 0.25) is 0 Å². The molecule has 0 aliphatic carbocycles. The number of rotatable bonds is 5. The number of nitrogens with one attached hydrogen (secondary N) is 1. The van der Waals surface area contributed by atoms with Crippen molar-refractivity contribution in [2.45, 2.75) is 12.0 Å². The Balaban J connectivity index is 2.09. The van der Waals surface area contributed by atoms with Gasteiger partial charge in [-0.3, -0.25) is 4.98 Å². The molecule has 0 saturated carbocycles. The number of aromatic amines is 1. The van der Waals surface area contributed by atoms with Gasteiger partial charge in [-0.2, -0.15) is 0 Å². The van der Waals surface area contributed by atoms with E-state index in [9.17, 15) is 0 Å². The summed E-state index contributed by atoms with van der Waals surface area (Å²) in [4.78, 5) is 11.3. The van der Waals surface area contributed by atoms with Gasteiger partial charge in [0.15, 0.2) is 0 Å². The molecule has 0 fully saturated rings. The van der Waals surface area contributed by atoms with E-state index in [0.717, 1.165) is 22.6 Å². The van der Waals surface area contributed by atoms with Crippen molar-refractivity contribution in [1.29, 1.82) is 0 Å². The molecule has 5 heteroatoms. The fourth-order valence-electron chi connectivity index (χ4n) is 2.60. The molecule has 3 aromatic rings. The highest BCUT2D eigenvalue weighted by atomic mass is 16.5. The Morgan fingerprint density at radius 1 is 1.14 bits per heavy atom. The summed E-state index contributed by atoms with van der Waals surface area (Å²) in [6.45, 7) is 0. The highest BCUT2D eigenvalue weighted by molar-refractivity contribution is 5.42. The van der Waals surface area contributed by atoms with Crippen molar-refractivity contribution in [1.82, 2.24) is 15.0 Å². The van der Waals surface area contributed by atoms with Gasteiger partial charge in [0.25, 0.3) is 0 Å². The molecule has 2 heterocycles. The van der Waals surface area contributed by atoms with Crippen molar-refractivity contribution >= 4 is 0 Å². The van der Waals surface area contributed by atoms with Crippen LogP contribution in [0.1, 0.15) is 16.8 Å². The predicted molar refractivity (Wildman–Crippen MR) is 84.5 cm³/mol. The number of hydrogen-bond acceptors (Lipinski definition) is 4. The van der Waals surface area contributed by atoms with Crippen LogP contribution in [0.4, 0.5) is 0 Å². The van der Waals surface area contributed by atoms with Gasteiger partial charge in [-0.1, -0.05) is 12.1 Å². The smallest absolute Gasteiger partial charge is 0.119 e. The second kappa shape index (κ2) is 5.99. The molecule has 3 rings (SSSR count). The molecule has 112 valence electrons. The number of H-pyrrole nitrogens is 1. The first-order chi connectivity index (χ1) is 10.7. The van der Waals surface area contributed by atoms with E-state index >= 15 is 0 Å². The average Bonchev–Trinajstić information content (AvgIpc) is 3.08. The quantitative estimate of drug-likeness (QED) is 0.756. The third-order valence-electron chi connectivity index (χ3n) is 3.80. The minimum atomic E-state index is -0.690. The van der Waals surface area contributed by atoms with Gasteiger partial charge in [-0.25, -0.2) is 4.98 Å². The van der Waals surface area contributed by atoms with Gasteiger partial charge >= 0.3 is 0 Å². The summed E-state index contributed by atoms with van der Waals surface area (Å²) >= 11 is 0. The zero-order chi connectivity index (χ0) is 15.4. The van der Waals surface area contributed by atoms with Crippen LogP contribution in [0, 0.1) is 0 Å². The molecule has 0 bridgehead atoms. The monoisotopic (exact) mass is 294 g/mol. The third kappa shape index (κ3) is 2.71. The van der Waals surface area contributed by atoms with Gasteiger partial charge in [0, 0.05) is 30.7 Å². The van der Waals surface area contributed by atoms with Crippen molar-refractivity contribution in [3.63, 3.8) is 0 Å². The molecule has 1 aromatic carbocycles. The van der Waals surface area contributed by atoms with Crippen molar-refractivity contribution in [2.24, 2.45) is 5.73 Å². The van der Waals surface area contributed by atoms with Crippen LogP contribution in [0.25, 0.3) is 0 Å². The number of ether oxygens (including phenoxy) is 1. The van der Waals surface area contributed by atoms with Crippen molar-refractivity contribution in [2.75, 3.05) is 7.11 Å². The number of aromatic nitrogens is 3. The summed E-state index contributed by atoms with van der Waals surface area (Å²) in [7, 11) is 1.65. The molecule has 2 aromatic heterocycles. The van der Waals surface area contributed by atoms with Gasteiger partial charge in [0.1, 0.15) is 5.75 Å². The molecule has 0 radical (unpaired) electrons. The molecule has 0 saturated heterocycles. The Hall–Kier alpha value is -2.66. The average molecular weight is 294 g/mol. The van der Waals surface area contributed by atoms with Gasteiger partial charge < -0.3 is 15.5 Å². The standard InChI is InChI=1S/C17H18N4O/c1-22-16-4-2-3-14(9-16)17(18,10-15-11-20-12-21-15)13-5-7-19-8-6-13/h2-9,11-12H,10,18H2,1H3,(H,20,21). The van der Waals surface area contributed by atoms with Crippen LogP contribution in [0.2, 0.25) is 0 Å². The van der Waals surface area contributed by atoms with Crippen molar-refractivity contribution in [3.8, 4) is 5.75 Å².